The Morgan fingerprint density at radius 2 is 2.10 bits per heavy atom. The van der Waals surface area contributed by atoms with Crippen molar-refractivity contribution < 1.29 is 13.2 Å². The fraction of sp³-hybridized carbons (Fsp3) is 0.263. The van der Waals surface area contributed by atoms with Crippen LogP contribution in [-0.4, -0.2) is 37.9 Å². The van der Waals surface area contributed by atoms with Gasteiger partial charge in [-0.25, -0.2) is 23.1 Å². The second-order valence-electron chi connectivity index (χ2n) is 6.61. The molecular weight excluding hydrogens is 383 g/mol. The third-order valence-electron chi connectivity index (χ3n) is 4.57. The Morgan fingerprint density at radius 1 is 1.24 bits per heavy atom. The third kappa shape index (κ3) is 4.05. The molecule has 2 unspecified atom stereocenters. The number of hydrogen-bond acceptors (Lipinski definition) is 6. The molecule has 150 valence electrons. The molecule has 10 heteroatoms. The van der Waals surface area contributed by atoms with Crippen molar-refractivity contribution in [3.8, 4) is 0 Å². The second-order valence-corrected chi connectivity index (χ2v) is 6.61. The Bertz CT molecular complexity index is 1040. The van der Waals surface area contributed by atoms with Gasteiger partial charge in [0.15, 0.2) is 5.82 Å². The average Bonchev–Trinajstić information content (AvgIpc) is 3.30. The summed E-state index contributed by atoms with van der Waals surface area (Å²) in [5.74, 6) is -0.323. The molecule has 29 heavy (non-hydrogen) atoms. The van der Waals surface area contributed by atoms with E-state index in [0.717, 1.165) is 23.9 Å². The summed E-state index contributed by atoms with van der Waals surface area (Å²) in [6, 6.07) is 4.19. The highest BCUT2D eigenvalue weighted by molar-refractivity contribution is 5.55. The molecule has 0 radical (unpaired) electrons. The summed E-state index contributed by atoms with van der Waals surface area (Å²) < 4.78 is 42.1. The van der Waals surface area contributed by atoms with Crippen molar-refractivity contribution in [3.05, 3.63) is 59.6 Å². The fourth-order valence-corrected chi connectivity index (χ4v) is 3.34. The molecule has 1 aromatic carbocycles. The number of H-pyrrole nitrogens is 1. The smallest absolute Gasteiger partial charge is 0.233 e. The van der Waals surface area contributed by atoms with Crippen LogP contribution in [0.5, 0.6) is 0 Å². The molecule has 3 heterocycles. The Balaban J connectivity index is 1.61. The maximum absolute atomic E-state index is 14.3. The molecule has 0 bridgehead atoms. The third-order valence-corrected chi connectivity index (χ3v) is 4.57. The molecule has 1 fully saturated rings. The molecule has 2 aromatic heterocycles. The molecule has 0 amide bonds. The monoisotopic (exact) mass is 401 g/mol. The van der Waals surface area contributed by atoms with Crippen LogP contribution in [0.25, 0.3) is 6.08 Å². The van der Waals surface area contributed by atoms with E-state index in [1.54, 1.807) is 6.07 Å². The zero-order valence-corrected chi connectivity index (χ0v) is 15.5. The maximum Gasteiger partial charge on any atom is 0.233 e. The molecule has 1 aliphatic heterocycles. The Kier molecular flexibility index (Phi) is 5.15. The first kappa shape index (κ1) is 18.9. The molecule has 1 saturated heterocycles. The second kappa shape index (κ2) is 7.90. The van der Waals surface area contributed by atoms with Crippen molar-refractivity contribution in [2.75, 3.05) is 16.8 Å². The van der Waals surface area contributed by atoms with Crippen LogP contribution in [0.3, 0.4) is 0 Å². The summed E-state index contributed by atoms with van der Waals surface area (Å²) in [7, 11) is 0. The van der Waals surface area contributed by atoms with E-state index in [1.807, 2.05) is 19.1 Å². The van der Waals surface area contributed by atoms with Gasteiger partial charge in [-0.2, -0.15) is 10.1 Å². The van der Waals surface area contributed by atoms with E-state index in [2.05, 4.69) is 30.5 Å². The number of hydrogen-bond donors (Lipinski definition) is 2. The number of anilines is 3. The number of alkyl halides is 1. The van der Waals surface area contributed by atoms with Crippen molar-refractivity contribution in [2.24, 2.45) is 0 Å². The molecular formula is C19H18F3N7. The predicted molar refractivity (Wildman–Crippen MR) is 102 cm³/mol. The van der Waals surface area contributed by atoms with E-state index < -0.39 is 23.8 Å². The van der Waals surface area contributed by atoms with E-state index in [1.165, 1.54) is 11.2 Å². The largest absolute Gasteiger partial charge is 0.330 e. The van der Waals surface area contributed by atoms with Gasteiger partial charge in [-0.15, -0.1) is 0 Å². The predicted octanol–water partition coefficient (Wildman–Crippen LogP) is 3.94. The van der Waals surface area contributed by atoms with Crippen LogP contribution in [0.2, 0.25) is 0 Å². The van der Waals surface area contributed by atoms with Gasteiger partial charge < -0.3 is 10.2 Å². The SMILES string of the molecule is C/C=C/c1cc(Nc2ncnc(N3CC(F)CC3c3cc(F)ccc3F)n2)n[nH]1. The number of aromatic nitrogens is 5. The molecule has 0 saturated carbocycles. The van der Waals surface area contributed by atoms with Gasteiger partial charge in [0, 0.05) is 18.1 Å². The molecule has 2 atom stereocenters. The Morgan fingerprint density at radius 3 is 2.93 bits per heavy atom. The molecule has 3 aromatic rings. The highest BCUT2D eigenvalue weighted by Gasteiger charge is 2.36. The minimum atomic E-state index is -1.22. The number of aromatic amines is 1. The number of nitrogens with one attached hydrogen (secondary N) is 2. The quantitative estimate of drug-likeness (QED) is 0.674. The minimum absolute atomic E-state index is 0.0148. The van der Waals surface area contributed by atoms with Crippen molar-refractivity contribution in [1.29, 1.82) is 0 Å². The summed E-state index contributed by atoms with van der Waals surface area (Å²) in [5.41, 5.74) is 0.870. The first-order chi connectivity index (χ1) is 14.0. The normalized spacial score (nSPS) is 19.2. The summed E-state index contributed by atoms with van der Waals surface area (Å²) >= 11 is 0. The van der Waals surface area contributed by atoms with Crippen molar-refractivity contribution in [2.45, 2.75) is 25.6 Å². The van der Waals surface area contributed by atoms with Crippen LogP contribution in [0.15, 0.2) is 36.7 Å². The number of allylic oxidation sites excluding steroid dienone is 1. The lowest BCUT2D eigenvalue weighted by Crippen LogP contribution is -2.26. The lowest BCUT2D eigenvalue weighted by Gasteiger charge is -2.25. The number of halogens is 3. The fourth-order valence-electron chi connectivity index (χ4n) is 3.34. The molecule has 0 aliphatic carbocycles. The first-order valence-electron chi connectivity index (χ1n) is 9.03. The minimum Gasteiger partial charge on any atom is -0.330 e. The zero-order valence-electron chi connectivity index (χ0n) is 15.5. The highest BCUT2D eigenvalue weighted by Crippen LogP contribution is 2.37. The summed E-state index contributed by atoms with van der Waals surface area (Å²) in [4.78, 5) is 14.0. The number of rotatable bonds is 5. The van der Waals surface area contributed by atoms with Gasteiger partial charge in [-0.05, 0) is 31.2 Å². The van der Waals surface area contributed by atoms with Crippen LogP contribution in [0.1, 0.15) is 30.6 Å². The topological polar surface area (TPSA) is 82.6 Å². The summed E-state index contributed by atoms with van der Waals surface area (Å²) in [5, 5.41) is 9.88. The lowest BCUT2D eigenvalue weighted by molar-refractivity contribution is 0.355. The Labute approximate surface area is 164 Å². The van der Waals surface area contributed by atoms with Crippen LogP contribution >= 0.6 is 0 Å². The molecule has 4 rings (SSSR count). The van der Waals surface area contributed by atoms with Gasteiger partial charge in [0.2, 0.25) is 11.9 Å². The summed E-state index contributed by atoms with van der Waals surface area (Å²) in [6.45, 7) is 1.86. The van der Waals surface area contributed by atoms with Crippen molar-refractivity contribution in [3.63, 3.8) is 0 Å². The first-order valence-corrected chi connectivity index (χ1v) is 9.03. The van der Waals surface area contributed by atoms with Gasteiger partial charge in [0.25, 0.3) is 0 Å². The number of benzene rings is 1. The van der Waals surface area contributed by atoms with Crippen molar-refractivity contribution >= 4 is 23.8 Å². The maximum atomic E-state index is 14.3. The van der Waals surface area contributed by atoms with Gasteiger partial charge in [0.1, 0.15) is 24.1 Å². The van der Waals surface area contributed by atoms with Crippen LogP contribution in [0.4, 0.5) is 30.9 Å². The standard InChI is InChI=1S/C19H18F3N7/c1-2-3-13-8-17(28-27-13)25-18-23-10-24-19(26-18)29-9-12(21)7-16(29)14-6-11(20)4-5-15(14)22/h2-6,8,10,12,16H,7,9H2,1H3,(H2,23,24,25,26,27,28)/b3-2+. The van der Waals surface area contributed by atoms with E-state index in [0.29, 0.717) is 5.82 Å². The molecule has 2 N–H and O–H groups in total. The van der Waals surface area contributed by atoms with Crippen LogP contribution < -0.4 is 10.2 Å². The average molecular weight is 401 g/mol. The van der Waals surface area contributed by atoms with Gasteiger partial charge in [-0.1, -0.05) is 6.08 Å². The Hall–Kier alpha value is -3.43. The summed E-state index contributed by atoms with van der Waals surface area (Å²) in [6.07, 6.45) is 3.78. The van der Waals surface area contributed by atoms with E-state index in [-0.39, 0.29) is 30.4 Å². The highest BCUT2D eigenvalue weighted by atomic mass is 19.1. The van der Waals surface area contributed by atoms with Crippen LogP contribution in [-0.2, 0) is 0 Å². The lowest BCUT2D eigenvalue weighted by atomic mass is 10.0. The zero-order chi connectivity index (χ0) is 20.4. The van der Waals surface area contributed by atoms with Gasteiger partial charge in [-0.3, -0.25) is 5.10 Å². The van der Waals surface area contributed by atoms with Gasteiger partial charge in [0.05, 0.1) is 18.3 Å². The van der Waals surface area contributed by atoms with Crippen LogP contribution in [0, 0.1) is 11.6 Å². The van der Waals surface area contributed by atoms with Gasteiger partial charge >= 0.3 is 0 Å². The molecule has 7 nitrogen and oxygen atoms in total. The van der Waals surface area contributed by atoms with Crippen molar-refractivity contribution in [1.82, 2.24) is 25.1 Å². The van der Waals surface area contributed by atoms with E-state index in [4.69, 9.17) is 0 Å². The van der Waals surface area contributed by atoms with E-state index in [9.17, 15) is 13.2 Å². The number of nitrogens with zero attached hydrogens (tertiary/aromatic N) is 5. The molecule has 0 spiro atoms. The molecule has 1 aliphatic rings. The van der Waals surface area contributed by atoms with E-state index >= 15 is 0 Å².